The number of aromatic nitrogens is 2. The lowest BCUT2D eigenvalue weighted by molar-refractivity contribution is 0.0687. The van der Waals surface area contributed by atoms with Gasteiger partial charge in [0.05, 0.1) is 23.1 Å². The Morgan fingerprint density at radius 1 is 1.30 bits per heavy atom. The number of carbonyl (C=O) groups is 1. The lowest BCUT2D eigenvalue weighted by Crippen LogP contribution is -2.31. The summed E-state index contributed by atoms with van der Waals surface area (Å²) in [7, 11) is -3.09. The summed E-state index contributed by atoms with van der Waals surface area (Å²) in [4.78, 5) is 19.8. The van der Waals surface area contributed by atoms with Gasteiger partial charge in [-0.25, -0.2) is 18.2 Å². The Hall–Kier alpha value is -3.19. The summed E-state index contributed by atoms with van der Waals surface area (Å²) in [5.41, 5.74) is 6.30. The van der Waals surface area contributed by atoms with Gasteiger partial charge in [0.2, 0.25) is 5.88 Å². The van der Waals surface area contributed by atoms with Gasteiger partial charge in [-0.15, -0.1) is 0 Å². The van der Waals surface area contributed by atoms with Gasteiger partial charge in [0.15, 0.2) is 21.2 Å². The van der Waals surface area contributed by atoms with E-state index >= 15 is 0 Å². The fourth-order valence-electron chi connectivity index (χ4n) is 2.74. The Morgan fingerprint density at radius 3 is 2.63 bits per heavy atom. The van der Waals surface area contributed by atoms with E-state index in [2.05, 4.69) is 9.97 Å². The molecule has 0 spiro atoms. The highest BCUT2D eigenvalue weighted by Gasteiger charge is 2.28. The van der Waals surface area contributed by atoms with Crippen LogP contribution in [0.3, 0.4) is 0 Å². The standard InChI is InChI=1S/C17H16N4O5S/c18-9-10-2-1-3-11(8-10)15-20-14(19)13(17(22)23)16(21-15)26-12-4-6-27(24,25)7-5-12/h1-3,8,12H,4-7H2,(H,22,23)(H2,19,20,21). The number of nitrogens with two attached hydrogens (primary N) is 1. The fourth-order valence-corrected chi connectivity index (χ4v) is 4.19. The second-order valence-electron chi connectivity index (χ2n) is 6.08. The molecule has 2 aromatic rings. The van der Waals surface area contributed by atoms with Gasteiger partial charge in [-0.1, -0.05) is 12.1 Å². The number of carboxylic acid groups (broad SMARTS) is 1. The van der Waals surface area contributed by atoms with Crippen molar-refractivity contribution in [1.29, 1.82) is 5.26 Å². The summed E-state index contributed by atoms with van der Waals surface area (Å²) >= 11 is 0. The maximum atomic E-state index is 11.6. The average molecular weight is 388 g/mol. The van der Waals surface area contributed by atoms with Crippen molar-refractivity contribution >= 4 is 21.6 Å². The molecule has 0 saturated carbocycles. The molecular weight excluding hydrogens is 372 g/mol. The van der Waals surface area contributed by atoms with Crippen molar-refractivity contribution in [2.75, 3.05) is 17.2 Å². The smallest absolute Gasteiger partial charge is 0.345 e. The number of nitrogen functional groups attached to an aromatic ring is 1. The van der Waals surface area contributed by atoms with E-state index in [1.54, 1.807) is 24.3 Å². The first-order valence-corrected chi connectivity index (χ1v) is 9.89. The lowest BCUT2D eigenvalue weighted by atomic mass is 10.1. The molecule has 3 rings (SSSR count). The Kier molecular flexibility index (Phi) is 4.96. The highest BCUT2D eigenvalue weighted by atomic mass is 32.2. The van der Waals surface area contributed by atoms with Crippen LogP contribution in [0.1, 0.15) is 28.8 Å². The number of aromatic carboxylic acids is 1. The minimum Gasteiger partial charge on any atom is -0.477 e. The van der Waals surface area contributed by atoms with Crippen molar-refractivity contribution in [2.45, 2.75) is 18.9 Å². The number of hydrogen-bond acceptors (Lipinski definition) is 8. The first kappa shape index (κ1) is 18.6. The molecule has 0 radical (unpaired) electrons. The number of anilines is 1. The monoisotopic (exact) mass is 388 g/mol. The van der Waals surface area contributed by atoms with Crippen molar-refractivity contribution in [1.82, 2.24) is 9.97 Å². The minimum absolute atomic E-state index is 0.0301. The summed E-state index contributed by atoms with van der Waals surface area (Å²) in [6.45, 7) is 0. The molecule has 0 amide bonds. The van der Waals surface area contributed by atoms with E-state index in [4.69, 9.17) is 15.7 Å². The molecule has 1 aliphatic rings. The number of nitrogens with zero attached hydrogens (tertiary/aromatic N) is 3. The van der Waals surface area contributed by atoms with Crippen molar-refractivity contribution in [3.05, 3.63) is 35.4 Å². The molecule has 0 aliphatic carbocycles. The number of sulfone groups is 1. The normalized spacial score (nSPS) is 16.4. The van der Waals surface area contributed by atoms with Crippen LogP contribution in [0, 0.1) is 11.3 Å². The molecule has 1 fully saturated rings. The number of rotatable bonds is 4. The topological polar surface area (TPSA) is 156 Å². The van der Waals surface area contributed by atoms with E-state index in [1.807, 2.05) is 6.07 Å². The number of hydrogen-bond donors (Lipinski definition) is 2. The van der Waals surface area contributed by atoms with Crippen LogP contribution < -0.4 is 10.5 Å². The van der Waals surface area contributed by atoms with Crippen molar-refractivity contribution < 1.29 is 23.1 Å². The molecule has 140 valence electrons. The van der Waals surface area contributed by atoms with E-state index in [0.29, 0.717) is 11.1 Å². The third-order valence-electron chi connectivity index (χ3n) is 4.15. The Balaban J connectivity index is 1.99. The zero-order valence-corrected chi connectivity index (χ0v) is 14.9. The molecular formula is C17H16N4O5S. The molecule has 1 aromatic carbocycles. The predicted octanol–water partition coefficient (Wildman–Crippen LogP) is 1.25. The molecule has 1 aliphatic heterocycles. The molecule has 3 N–H and O–H groups in total. The maximum Gasteiger partial charge on any atom is 0.345 e. The molecule has 0 bridgehead atoms. The van der Waals surface area contributed by atoms with Gasteiger partial charge >= 0.3 is 5.97 Å². The first-order chi connectivity index (χ1) is 12.8. The van der Waals surface area contributed by atoms with Crippen molar-refractivity contribution in [3.8, 4) is 23.3 Å². The lowest BCUT2D eigenvalue weighted by Gasteiger charge is -2.23. The van der Waals surface area contributed by atoms with Crippen molar-refractivity contribution in [3.63, 3.8) is 0 Å². The third-order valence-corrected chi connectivity index (χ3v) is 5.86. The van der Waals surface area contributed by atoms with Gasteiger partial charge in [-0.2, -0.15) is 10.2 Å². The first-order valence-electron chi connectivity index (χ1n) is 8.07. The second-order valence-corrected chi connectivity index (χ2v) is 8.38. The SMILES string of the molecule is N#Cc1cccc(-c2nc(N)c(C(=O)O)c(OC3CCS(=O)(=O)CC3)n2)c1. The van der Waals surface area contributed by atoms with E-state index in [9.17, 15) is 18.3 Å². The Bertz CT molecular complexity index is 1030. The van der Waals surface area contributed by atoms with Gasteiger partial charge in [0.1, 0.15) is 11.9 Å². The maximum absolute atomic E-state index is 11.6. The molecule has 1 saturated heterocycles. The number of carboxylic acids is 1. The summed E-state index contributed by atoms with van der Waals surface area (Å²) in [6, 6.07) is 8.46. The number of ether oxygens (including phenoxy) is 1. The number of nitriles is 1. The van der Waals surface area contributed by atoms with Gasteiger partial charge in [-0.05, 0) is 25.0 Å². The van der Waals surface area contributed by atoms with Gasteiger partial charge < -0.3 is 15.6 Å². The van der Waals surface area contributed by atoms with Gasteiger partial charge in [0.25, 0.3) is 0 Å². The van der Waals surface area contributed by atoms with Gasteiger partial charge in [0, 0.05) is 5.56 Å². The van der Waals surface area contributed by atoms with Crippen LogP contribution in [-0.2, 0) is 9.84 Å². The highest BCUT2D eigenvalue weighted by molar-refractivity contribution is 7.91. The zero-order chi connectivity index (χ0) is 19.6. The van der Waals surface area contributed by atoms with E-state index < -0.39 is 21.9 Å². The Morgan fingerprint density at radius 2 is 2.00 bits per heavy atom. The van der Waals surface area contributed by atoms with Crippen LogP contribution >= 0.6 is 0 Å². The highest BCUT2D eigenvalue weighted by Crippen LogP contribution is 2.28. The molecule has 9 nitrogen and oxygen atoms in total. The molecule has 0 unspecified atom stereocenters. The summed E-state index contributed by atoms with van der Waals surface area (Å²) in [5.74, 6) is -1.77. The van der Waals surface area contributed by atoms with Crippen LogP contribution in [0.25, 0.3) is 11.4 Å². The zero-order valence-electron chi connectivity index (χ0n) is 14.1. The molecule has 27 heavy (non-hydrogen) atoms. The summed E-state index contributed by atoms with van der Waals surface area (Å²) in [6.07, 6.45) is -0.00558. The van der Waals surface area contributed by atoms with Crippen LogP contribution in [0.4, 0.5) is 5.82 Å². The third kappa shape index (κ3) is 4.15. The second kappa shape index (κ2) is 7.20. The van der Waals surface area contributed by atoms with E-state index in [0.717, 1.165) is 0 Å². The molecule has 10 heteroatoms. The van der Waals surface area contributed by atoms with E-state index in [1.165, 1.54) is 0 Å². The van der Waals surface area contributed by atoms with Gasteiger partial charge in [-0.3, -0.25) is 0 Å². The quantitative estimate of drug-likeness (QED) is 0.786. The van der Waals surface area contributed by atoms with E-state index in [-0.39, 0.29) is 47.4 Å². The largest absolute Gasteiger partial charge is 0.477 e. The van der Waals surface area contributed by atoms with Crippen LogP contribution in [0.5, 0.6) is 5.88 Å². The molecule has 1 aromatic heterocycles. The average Bonchev–Trinajstić information content (AvgIpc) is 2.63. The van der Waals surface area contributed by atoms with Crippen LogP contribution in [0.15, 0.2) is 24.3 Å². The van der Waals surface area contributed by atoms with Crippen LogP contribution in [0.2, 0.25) is 0 Å². The minimum atomic E-state index is -3.09. The van der Waals surface area contributed by atoms with Crippen LogP contribution in [-0.4, -0.2) is 47.1 Å². The number of benzene rings is 1. The summed E-state index contributed by atoms with van der Waals surface area (Å²) < 4.78 is 28.8. The molecule has 2 heterocycles. The molecule has 0 atom stereocenters. The van der Waals surface area contributed by atoms with Crippen molar-refractivity contribution in [2.24, 2.45) is 0 Å². The fraction of sp³-hybridized carbons (Fsp3) is 0.294. The summed E-state index contributed by atoms with van der Waals surface area (Å²) in [5, 5.41) is 18.5. The Labute approximate surface area is 155 Å². The predicted molar refractivity (Wildman–Crippen MR) is 95.9 cm³/mol.